The van der Waals surface area contributed by atoms with Crippen LogP contribution in [-0.4, -0.2) is 84.9 Å². The van der Waals surface area contributed by atoms with Crippen LogP contribution in [0.25, 0.3) is 0 Å². The molecular weight excluding hydrogens is 718 g/mol. The summed E-state index contributed by atoms with van der Waals surface area (Å²) < 4.78 is 12.3. The Bertz CT molecular complexity index is 1650. The van der Waals surface area contributed by atoms with Crippen molar-refractivity contribution in [3.8, 4) is 0 Å². The molecule has 5 rings (SSSR count). The zero-order chi connectivity index (χ0) is 35.3. The van der Waals surface area contributed by atoms with E-state index in [2.05, 4.69) is 41.6 Å². The van der Waals surface area contributed by atoms with Crippen LogP contribution in [0, 0.1) is 5.92 Å². The number of nitrogens with zero attached hydrogens (tertiary/aromatic N) is 5. The second-order valence-electron chi connectivity index (χ2n) is 13.4. The lowest BCUT2D eigenvalue weighted by Crippen LogP contribution is -2.56. The number of carbonyl (C=O) groups excluding carboxylic acids is 4. The molecule has 1 aliphatic carbocycles. The first-order chi connectivity index (χ1) is 23.3. The van der Waals surface area contributed by atoms with Crippen LogP contribution in [0.1, 0.15) is 78.7 Å². The van der Waals surface area contributed by atoms with Crippen LogP contribution >= 0.6 is 27.7 Å². The Morgan fingerprint density at radius 2 is 1.92 bits per heavy atom. The van der Waals surface area contributed by atoms with E-state index in [1.807, 2.05) is 12.2 Å². The largest absolute Gasteiger partial charge is 0.464 e. The molecule has 4 heterocycles. The molecule has 0 spiro atoms. The van der Waals surface area contributed by atoms with Crippen molar-refractivity contribution in [1.82, 2.24) is 35.3 Å². The number of fused-ring (bicyclic) bond motifs is 2. The van der Waals surface area contributed by atoms with Crippen LogP contribution in [0.15, 0.2) is 56.1 Å². The third-order valence-electron chi connectivity index (χ3n) is 8.59. The van der Waals surface area contributed by atoms with Crippen molar-refractivity contribution in [1.29, 1.82) is 0 Å². The molecule has 0 bridgehead atoms. The van der Waals surface area contributed by atoms with Gasteiger partial charge >= 0.3 is 12.1 Å². The highest BCUT2D eigenvalue weighted by molar-refractivity contribution is 9.10. The Hall–Kier alpha value is -3.79. The van der Waals surface area contributed by atoms with E-state index in [0.29, 0.717) is 29.3 Å². The Labute approximate surface area is 297 Å². The van der Waals surface area contributed by atoms with E-state index in [0.717, 1.165) is 19.3 Å². The van der Waals surface area contributed by atoms with Crippen molar-refractivity contribution >= 4 is 51.6 Å². The number of hydrogen-bond donors (Lipinski definition) is 2. The third kappa shape index (κ3) is 8.69. The molecule has 49 heavy (non-hydrogen) atoms. The van der Waals surface area contributed by atoms with Crippen molar-refractivity contribution in [3.05, 3.63) is 51.6 Å². The van der Waals surface area contributed by atoms with Crippen molar-refractivity contribution in [2.45, 2.75) is 112 Å². The van der Waals surface area contributed by atoms with Crippen LogP contribution in [0.4, 0.5) is 4.79 Å². The van der Waals surface area contributed by atoms with Crippen molar-refractivity contribution in [2.24, 2.45) is 5.92 Å². The number of allylic oxidation sites excluding steroid dienone is 1. The molecule has 0 aromatic carbocycles. The lowest BCUT2D eigenvalue weighted by atomic mass is 10.0. The Balaban J connectivity index is 1.48. The summed E-state index contributed by atoms with van der Waals surface area (Å²) in [6.07, 6.45) is 11.7. The van der Waals surface area contributed by atoms with Gasteiger partial charge in [0.1, 0.15) is 27.7 Å². The summed E-state index contributed by atoms with van der Waals surface area (Å²) >= 11 is 4.57. The quantitative estimate of drug-likeness (QED) is 0.248. The predicted octanol–water partition coefficient (Wildman–Crippen LogP) is 3.94. The number of halogens is 1. The summed E-state index contributed by atoms with van der Waals surface area (Å²) in [4.78, 5) is 78.5. The van der Waals surface area contributed by atoms with E-state index in [1.165, 1.54) is 27.5 Å². The van der Waals surface area contributed by atoms with Gasteiger partial charge < -0.3 is 25.0 Å². The Morgan fingerprint density at radius 1 is 1.16 bits per heavy atom. The molecule has 2 fully saturated rings. The monoisotopic (exact) mass is 759 g/mol. The van der Waals surface area contributed by atoms with Crippen molar-refractivity contribution in [3.63, 3.8) is 0 Å². The zero-order valence-corrected chi connectivity index (χ0v) is 30.4. The molecule has 1 saturated heterocycles. The van der Waals surface area contributed by atoms with Gasteiger partial charge in [-0.3, -0.25) is 14.4 Å². The average Bonchev–Trinajstić information content (AvgIpc) is 3.56. The first-order valence-corrected chi connectivity index (χ1v) is 18.1. The fourth-order valence-corrected chi connectivity index (χ4v) is 7.38. The second kappa shape index (κ2) is 15.4. The van der Waals surface area contributed by atoms with Gasteiger partial charge in [0.05, 0.1) is 23.7 Å². The summed E-state index contributed by atoms with van der Waals surface area (Å²) in [5, 5.41) is 10.5. The molecule has 2 aromatic rings. The fourth-order valence-electron chi connectivity index (χ4n) is 6.15. The van der Waals surface area contributed by atoms with Gasteiger partial charge in [0.15, 0.2) is 5.16 Å². The maximum absolute atomic E-state index is 14.3. The number of amides is 3. The average molecular weight is 761 g/mol. The van der Waals surface area contributed by atoms with Crippen molar-refractivity contribution in [2.75, 3.05) is 13.2 Å². The minimum absolute atomic E-state index is 0.0349. The van der Waals surface area contributed by atoms with Gasteiger partial charge in [0.2, 0.25) is 11.8 Å². The predicted molar refractivity (Wildman–Crippen MR) is 183 cm³/mol. The normalized spacial score (nSPS) is 26.0. The van der Waals surface area contributed by atoms with Gasteiger partial charge in [-0.25, -0.2) is 24.2 Å². The number of esters is 1. The number of aromatic nitrogens is 4. The van der Waals surface area contributed by atoms with E-state index >= 15 is 0 Å². The molecule has 1 saturated carbocycles. The minimum Gasteiger partial charge on any atom is -0.464 e. The first kappa shape index (κ1) is 36.5. The first-order valence-electron chi connectivity index (χ1n) is 16.5. The van der Waals surface area contributed by atoms with Gasteiger partial charge in [-0.1, -0.05) is 25.0 Å². The van der Waals surface area contributed by atoms with Crippen LogP contribution in [0.3, 0.4) is 0 Å². The Morgan fingerprint density at radius 3 is 2.63 bits per heavy atom. The molecule has 3 amide bonds. The van der Waals surface area contributed by atoms with Crippen LogP contribution in [0.2, 0.25) is 0 Å². The summed E-state index contributed by atoms with van der Waals surface area (Å²) in [5.41, 5.74) is -2.50. The summed E-state index contributed by atoms with van der Waals surface area (Å²) in [6, 6.07) is -1.06. The van der Waals surface area contributed by atoms with Crippen molar-refractivity contribution < 1.29 is 28.7 Å². The fraction of sp³-hybridized carbons (Fsp3) is 0.576. The van der Waals surface area contributed by atoms with Gasteiger partial charge in [0.25, 0.3) is 5.56 Å². The molecular formula is C33H42BrN7O7S. The SMILES string of the molecule is CCOC(=O)[C@@]12C[C@H]1C=CCCCCC[C@H](NC(=O)OC(C)(C)C)C(=O)N1C[C@H](n3ncc(Sc4ncccn4)c(Br)c3=O)CC1C(=O)N2. The smallest absolute Gasteiger partial charge is 0.408 e. The highest BCUT2D eigenvalue weighted by Gasteiger charge is 2.62. The second-order valence-corrected chi connectivity index (χ2v) is 15.2. The van der Waals surface area contributed by atoms with Crippen LogP contribution in [0.5, 0.6) is 0 Å². The van der Waals surface area contributed by atoms with E-state index in [4.69, 9.17) is 9.47 Å². The number of nitrogens with one attached hydrogen (secondary N) is 2. The van der Waals surface area contributed by atoms with Gasteiger partial charge in [0, 0.05) is 31.3 Å². The highest BCUT2D eigenvalue weighted by atomic mass is 79.9. The number of alkyl carbamates (subject to hydrolysis) is 1. The number of hydrogen-bond acceptors (Lipinski definition) is 11. The maximum Gasteiger partial charge on any atom is 0.408 e. The highest BCUT2D eigenvalue weighted by Crippen LogP contribution is 2.46. The lowest BCUT2D eigenvalue weighted by Gasteiger charge is -2.30. The summed E-state index contributed by atoms with van der Waals surface area (Å²) in [7, 11) is 0. The molecule has 264 valence electrons. The molecule has 2 N–H and O–H groups in total. The zero-order valence-electron chi connectivity index (χ0n) is 28.0. The minimum atomic E-state index is -1.25. The van der Waals surface area contributed by atoms with Gasteiger partial charge in [-0.2, -0.15) is 5.10 Å². The lowest BCUT2D eigenvalue weighted by molar-refractivity contribution is -0.150. The standard InChI is InChI=1S/C33H42BrN7O7S/c1-5-47-29(45)33-17-20(33)12-9-7-6-8-10-13-22(38-31(46)48-32(2,3)4)27(43)40-19-21(16-23(40)26(42)39-33)41-28(44)25(34)24(18-37-41)49-30-35-14-11-15-36-30/h9,11-12,14-15,18,20-23H,5-8,10,13,16-17,19H2,1-4H3,(H,38,46)(H,39,42)/t20-,21-,22+,23?,33-/m1/s1. The van der Waals surface area contributed by atoms with E-state index < -0.39 is 58.7 Å². The number of rotatable bonds is 6. The summed E-state index contributed by atoms with van der Waals surface area (Å²) in [6.45, 7) is 7.01. The molecule has 5 atom stereocenters. The summed E-state index contributed by atoms with van der Waals surface area (Å²) in [5.74, 6) is -1.82. The molecule has 14 nitrogen and oxygen atoms in total. The number of ether oxygens (including phenoxy) is 2. The van der Waals surface area contributed by atoms with E-state index in [9.17, 15) is 24.0 Å². The van der Waals surface area contributed by atoms with Gasteiger partial charge in [-0.05, 0) is 87.1 Å². The molecule has 0 radical (unpaired) electrons. The van der Waals surface area contributed by atoms with Crippen LogP contribution < -0.4 is 16.2 Å². The molecule has 2 aliphatic heterocycles. The molecule has 2 aromatic heterocycles. The van der Waals surface area contributed by atoms with E-state index in [-0.39, 0.29) is 30.0 Å². The molecule has 1 unspecified atom stereocenters. The maximum atomic E-state index is 14.3. The third-order valence-corrected chi connectivity index (χ3v) is 10.5. The molecule has 3 aliphatic rings. The van der Waals surface area contributed by atoms with E-state index in [1.54, 1.807) is 46.2 Å². The number of carbonyl (C=O) groups is 4. The molecule has 16 heteroatoms. The topological polar surface area (TPSA) is 175 Å². The van der Waals surface area contributed by atoms with Crippen LogP contribution in [-0.2, 0) is 23.9 Å². The van der Waals surface area contributed by atoms with Gasteiger partial charge in [-0.15, -0.1) is 0 Å². The Kier molecular flexibility index (Phi) is 11.5.